The van der Waals surface area contributed by atoms with Crippen molar-refractivity contribution in [3.05, 3.63) is 21.7 Å². The van der Waals surface area contributed by atoms with Gasteiger partial charge < -0.3 is 15.5 Å². The second kappa shape index (κ2) is 3.23. The standard InChI is InChI=1S/C6H8N4O3/c1-2-3(5(11)12)4(10-7)9-6(13)8-2/h7H2,1H3,(H,11,12)(H2,8,9,10,13). The first-order valence-corrected chi connectivity index (χ1v) is 3.37. The Hall–Kier alpha value is -1.89. The van der Waals surface area contributed by atoms with E-state index in [1.165, 1.54) is 6.92 Å². The van der Waals surface area contributed by atoms with Gasteiger partial charge in [-0.2, -0.15) is 4.98 Å². The van der Waals surface area contributed by atoms with Gasteiger partial charge in [0, 0.05) is 5.69 Å². The molecule has 7 nitrogen and oxygen atoms in total. The first-order valence-electron chi connectivity index (χ1n) is 3.37. The quantitative estimate of drug-likeness (QED) is 0.347. The second-order valence-corrected chi connectivity index (χ2v) is 2.34. The van der Waals surface area contributed by atoms with E-state index in [1.54, 1.807) is 0 Å². The predicted octanol–water partition coefficient (Wildman–Crippen LogP) is -0.938. The number of carboxylic acids is 1. The molecule has 0 aliphatic carbocycles. The maximum atomic E-state index is 10.8. The molecule has 1 rings (SSSR count). The van der Waals surface area contributed by atoms with Crippen LogP contribution in [0.25, 0.3) is 0 Å². The molecule has 0 saturated carbocycles. The minimum absolute atomic E-state index is 0.137. The van der Waals surface area contributed by atoms with Crippen molar-refractivity contribution >= 4 is 11.8 Å². The molecule has 0 bridgehead atoms. The number of rotatable bonds is 2. The first-order chi connectivity index (χ1) is 6.06. The number of carboxylic acid groups (broad SMARTS) is 1. The molecule has 0 amide bonds. The van der Waals surface area contributed by atoms with Crippen molar-refractivity contribution in [2.75, 3.05) is 5.43 Å². The summed E-state index contributed by atoms with van der Waals surface area (Å²) in [5, 5.41) is 8.71. The molecule has 0 atom stereocenters. The molecule has 1 aromatic heterocycles. The average Bonchev–Trinajstić information content (AvgIpc) is 2.01. The van der Waals surface area contributed by atoms with Gasteiger partial charge in [-0.3, -0.25) is 0 Å². The van der Waals surface area contributed by atoms with Crippen molar-refractivity contribution in [1.82, 2.24) is 9.97 Å². The third-order valence-electron chi connectivity index (χ3n) is 1.47. The molecule has 0 unspecified atom stereocenters. The highest BCUT2D eigenvalue weighted by Crippen LogP contribution is 2.10. The number of aryl methyl sites for hydroxylation is 1. The highest BCUT2D eigenvalue weighted by molar-refractivity contribution is 5.94. The van der Waals surface area contributed by atoms with E-state index in [2.05, 4.69) is 9.97 Å². The van der Waals surface area contributed by atoms with Crippen LogP contribution in [0.2, 0.25) is 0 Å². The number of aromatic amines is 1. The Morgan fingerprint density at radius 1 is 1.69 bits per heavy atom. The molecule has 1 aromatic rings. The number of H-pyrrole nitrogens is 1. The van der Waals surface area contributed by atoms with Crippen LogP contribution in [0, 0.1) is 6.92 Å². The van der Waals surface area contributed by atoms with E-state index in [0.717, 1.165) is 0 Å². The molecule has 7 heteroatoms. The number of nitrogens with zero attached hydrogens (tertiary/aromatic N) is 1. The zero-order valence-electron chi connectivity index (χ0n) is 6.79. The van der Waals surface area contributed by atoms with E-state index in [4.69, 9.17) is 10.9 Å². The Labute approximate surface area is 72.6 Å². The van der Waals surface area contributed by atoms with Crippen molar-refractivity contribution in [3.8, 4) is 0 Å². The number of nitrogen functional groups attached to an aromatic ring is 1. The summed E-state index contributed by atoms with van der Waals surface area (Å²) in [5.74, 6) is 3.65. The minimum Gasteiger partial charge on any atom is -0.477 e. The van der Waals surface area contributed by atoms with Gasteiger partial charge in [-0.15, -0.1) is 0 Å². The highest BCUT2D eigenvalue weighted by Gasteiger charge is 2.15. The minimum atomic E-state index is -1.20. The van der Waals surface area contributed by atoms with Crippen molar-refractivity contribution in [1.29, 1.82) is 0 Å². The van der Waals surface area contributed by atoms with Crippen LogP contribution in [0.1, 0.15) is 16.1 Å². The second-order valence-electron chi connectivity index (χ2n) is 2.34. The fourth-order valence-corrected chi connectivity index (χ4v) is 0.952. The zero-order chi connectivity index (χ0) is 10.0. The average molecular weight is 184 g/mol. The topological polar surface area (TPSA) is 121 Å². The van der Waals surface area contributed by atoms with Gasteiger partial charge in [0.1, 0.15) is 5.56 Å². The molecule has 13 heavy (non-hydrogen) atoms. The third-order valence-corrected chi connectivity index (χ3v) is 1.47. The number of aromatic nitrogens is 2. The highest BCUT2D eigenvalue weighted by atomic mass is 16.4. The van der Waals surface area contributed by atoms with Crippen molar-refractivity contribution in [3.63, 3.8) is 0 Å². The molecule has 0 aliphatic heterocycles. The van der Waals surface area contributed by atoms with Gasteiger partial charge in [-0.1, -0.05) is 0 Å². The van der Waals surface area contributed by atoms with Crippen LogP contribution < -0.4 is 17.0 Å². The smallest absolute Gasteiger partial charge is 0.347 e. The molecular weight excluding hydrogens is 176 g/mol. The normalized spacial score (nSPS) is 9.69. The van der Waals surface area contributed by atoms with Gasteiger partial charge in [0.25, 0.3) is 0 Å². The van der Waals surface area contributed by atoms with E-state index in [0.29, 0.717) is 0 Å². The largest absolute Gasteiger partial charge is 0.477 e. The van der Waals surface area contributed by atoms with Gasteiger partial charge in [-0.05, 0) is 6.92 Å². The number of hydrogen-bond acceptors (Lipinski definition) is 5. The lowest BCUT2D eigenvalue weighted by molar-refractivity contribution is 0.0696. The Morgan fingerprint density at radius 3 is 2.77 bits per heavy atom. The van der Waals surface area contributed by atoms with E-state index in [-0.39, 0.29) is 17.1 Å². The maximum Gasteiger partial charge on any atom is 0.347 e. The van der Waals surface area contributed by atoms with E-state index >= 15 is 0 Å². The fraction of sp³-hybridized carbons (Fsp3) is 0.167. The summed E-state index contributed by atoms with van der Waals surface area (Å²) in [7, 11) is 0. The SMILES string of the molecule is Cc1[nH]c(=O)nc(NN)c1C(=O)O. The molecule has 70 valence electrons. The zero-order valence-corrected chi connectivity index (χ0v) is 6.79. The van der Waals surface area contributed by atoms with E-state index in [1.807, 2.05) is 5.43 Å². The van der Waals surface area contributed by atoms with Crippen LogP contribution >= 0.6 is 0 Å². The molecule has 0 aromatic carbocycles. The lowest BCUT2D eigenvalue weighted by Crippen LogP contribution is -2.22. The number of carbonyl (C=O) groups is 1. The van der Waals surface area contributed by atoms with Crippen LogP contribution in [0.5, 0.6) is 0 Å². The van der Waals surface area contributed by atoms with Crippen LogP contribution in [0.3, 0.4) is 0 Å². The molecule has 0 saturated heterocycles. The van der Waals surface area contributed by atoms with Crippen molar-refractivity contribution in [2.24, 2.45) is 5.84 Å². The number of nitrogens with one attached hydrogen (secondary N) is 2. The molecule has 0 fully saturated rings. The monoisotopic (exact) mass is 184 g/mol. The summed E-state index contributed by atoms with van der Waals surface area (Å²) in [6.45, 7) is 1.45. The number of anilines is 1. The van der Waals surface area contributed by atoms with E-state index < -0.39 is 11.7 Å². The summed E-state index contributed by atoms with van der Waals surface area (Å²) >= 11 is 0. The molecule has 0 spiro atoms. The molecular formula is C6H8N4O3. The molecule has 5 N–H and O–H groups in total. The lowest BCUT2D eigenvalue weighted by atomic mass is 10.2. The predicted molar refractivity (Wildman–Crippen MR) is 44.4 cm³/mol. The van der Waals surface area contributed by atoms with Gasteiger partial charge in [-0.25, -0.2) is 15.4 Å². The molecule has 0 aliphatic rings. The summed E-state index contributed by atoms with van der Waals surface area (Å²) in [6.07, 6.45) is 0. The lowest BCUT2D eigenvalue weighted by Gasteiger charge is -2.04. The van der Waals surface area contributed by atoms with Crippen LogP contribution in [0.15, 0.2) is 4.79 Å². The van der Waals surface area contributed by atoms with Crippen molar-refractivity contribution in [2.45, 2.75) is 6.92 Å². The number of aromatic carboxylic acids is 1. The number of hydrazine groups is 1. The summed E-state index contributed by atoms with van der Waals surface area (Å²) in [6, 6.07) is 0. The van der Waals surface area contributed by atoms with Crippen LogP contribution in [-0.4, -0.2) is 21.0 Å². The third kappa shape index (κ3) is 1.64. The summed E-state index contributed by atoms with van der Waals surface area (Å²) in [4.78, 5) is 27.0. The van der Waals surface area contributed by atoms with E-state index in [9.17, 15) is 9.59 Å². The van der Waals surface area contributed by atoms with Gasteiger partial charge in [0.15, 0.2) is 5.82 Å². The molecule has 0 radical (unpaired) electrons. The van der Waals surface area contributed by atoms with Crippen LogP contribution in [0.4, 0.5) is 5.82 Å². The van der Waals surface area contributed by atoms with Crippen LogP contribution in [-0.2, 0) is 0 Å². The summed E-state index contributed by atoms with van der Waals surface area (Å²) in [5.41, 5.74) is 1.48. The van der Waals surface area contributed by atoms with Crippen molar-refractivity contribution < 1.29 is 9.90 Å². The Kier molecular flexibility index (Phi) is 2.29. The number of hydrogen-bond donors (Lipinski definition) is 4. The number of nitrogens with two attached hydrogens (primary N) is 1. The Balaban J connectivity index is 3.47. The summed E-state index contributed by atoms with van der Waals surface area (Å²) < 4.78 is 0. The van der Waals surface area contributed by atoms with Gasteiger partial charge in [0.05, 0.1) is 0 Å². The fourth-order valence-electron chi connectivity index (χ4n) is 0.952. The first kappa shape index (κ1) is 9.20. The maximum absolute atomic E-state index is 10.8. The van der Waals surface area contributed by atoms with Gasteiger partial charge >= 0.3 is 11.7 Å². The Bertz CT molecular complexity index is 397. The van der Waals surface area contributed by atoms with Gasteiger partial charge in [0.2, 0.25) is 0 Å². The Morgan fingerprint density at radius 2 is 2.31 bits per heavy atom. The molecule has 1 heterocycles.